The Bertz CT molecular complexity index is 1140. The zero-order chi connectivity index (χ0) is 20.9. The van der Waals surface area contributed by atoms with E-state index in [0.717, 1.165) is 5.56 Å². The largest absolute Gasteiger partial charge is 0.467 e. The number of hydrogen-bond donors (Lipinski definition) is 0. The molecule has 30 heavy (non-hydrogen) atoms. The molecule has 2 aromatic carbocycles. The first kappa shape index (κ1) is 19.9. The van der Waals surface area contributed by atoms with Crippen molar-refractivity contribution in [3.05, 3.63) is 113 Å². The summed E-state index contributed by atoms with van der Waals surface area (Å²) in [5.41, 5.74) is 0.949. The Morgan fingerprint density at radius 1 is 1.07 bits per heavy atom. The summed E-state index contributed by atoms with van der Waals surface area (Å²) in [6, 6.07) is 17.0. The van der Waals surface area contributed by atoms with Gasteiger partial charge in [0.25, 0.3) is 5.91 Å². The maximum Gasteiger partial charge on any atom is 0.257 e. The van der Waals surface area contributed by atoms with Gasteiger partial charge in [-0.15, -0.1) is 0 Å². The first-order valence-electron chi connectivity index (χ1n) is 9.41. The quantitative estimate of drug-likeness (QED) is 0.412. The van der Waals surface area contributed by atoms with Crippen LogP contribution >= 0.6 is 11.6 Å². The van der Waals surface area contributed by atoms with Crippen LogP contribution in [-0.2, 0) is 19.6 Å². The van der Waals surface area contributed by atoms with Crippen LogP contribution in [0, 0.1) is 5.82 Å². The van der Waals surface area contributed by atoms with Gasteiger partial charge in [0.05, 0.1) is 31.5 Å². The Hall–Kier alpha value is -3.38. The minimum absolute atomic E-state index is 0.00765. The molecule has 152 valence electrons. The van der Waals surface area contributed by atoms with Crippen LogP contribution in [-0.4, -0.2) is 20.4 Å². The number of furan rings is 1. The maximum absolute atomic E-state index is 14.3. The normalized spacial score (nSPS) is 10.9. The van der Waals surface area contributed by atoms with Crippen molar-refractivity contribution in [3.63, 3.8) is 0 Å². The molecule has 0 aliphatic carbocycles. The molecule has 4 aromatic rings. The summed E-state index contributed by atoms with van der Waals surface area (Å²) >= 11 is 6.29. The second-order valence-corrected chi connectivity index (χ2v) is 7.19. The first-order valence-corrected chi connectivity index (χ1v) is 9.79. The van der Waals surface area contributed by atoms with E-state index in [9.17, 15) is 9.18 Å². The molecular formula is C23H19ClFN3O2. The summed E-state index contributed by atoms with van der Waals surface area (Å²) in [6.45, 7) is 0.891. The zero-order valence-corrected chi connectivity index (χ0v) is 16.8. The summed E-state index contributed by atoms with van der Waals surface area (Å²) < 4.78 is 21.6. The molecule has 2 aromatic heterocycles. The van der Waals surface area contributed by atoms with E-state index in [1.807, 2.05) is 35.0 Å². The lowest BCUT2D eigenvalue weighted by atomic mass is 10.1. The smallest absolute Gasteiger partial charge is 0.257 e. The van der Waals surface area contributed by atoms with Crippen LogP contribution in [0.4, 0.5) is 4.39 Å². The van der Waals surface area contributed by atoms with Crippen molar-refractivity contribution in [3.8, 4) is 0 Å². The predicted molar refractivity (Wildman–Crippen MR) is 111 cm³/mol. The highest BCUT2D eigenvalue weighted by atomic mass is 35.5. The molecule has 0 saturated heterocycles. The molecule has 5 nitrogen and oxygen atoms in total. The number of imidazole rings is 1. The molecule has 0 aliphatic heterocycles. The summed E-state index contributed by atoms with van der Waals surface area (Å²) in [5.74, 6) is 0.262. The molecule has 7 heteroatoms. The molecule has 1 amide bonds. The van der Waals surface area contributed by atoms with Gasteiger partial charge < -0.3 is 13.9 Å². The molecule has 0 radical (unpaired) electrons. The van der Waals surface area contributed by atoms with E-state index in [4.69, 9.17) is 16.0 Å². The van der Waals surface area contributed by atoms with Gasteiger partial charge in [0.1, 0.15) is 17.4 Å². The Labute approximate surface area is 178 Å². The third-order valence-electron chi connectivity index (χ3n) is 4.75. The number of halogens is 2. The fraction of sp³-hybridized carbons (Fsp3) is 0.130. The Balaban J connectivity index is 1.61. The minimum Gasteiger partial charge on any atom is -0.467 e. The van der Waals surface area contributed by atoms with Crippen molar-refractivity contribution < 1.29 is 13.6 Å². The van der Waals surface area contributed by atoms with E-state index in [1.165, 1.54) is 17.0 Å². The van der Waals surface area contributed by atoms with Crippen molar-refractivity contribution in [2.45, 2.75) is 19.6 Å². The van der Waals surface area contributed by atoms with Gasteiger partial charge in [0, 0.05) is 17.4 Å². The first-order chi connectivity index (χ1) is 14.6. The number of rotatable bonds is 7. The molecule has 0 unspecified atom stereocenters. The second kappa shape index (κ2) is 8.97. The van der Waals surface area contributed by atoms with E-state index in [0.29, 0.717) is 23.2 Å². The van der Waals surface area contributed by atoms with Gasteiger partial charge in [-0.05, 0) is 35.9 Å². The van der Waals surface area contributed by atoms with Crippen molar-refractivity contribution in [2.24, 2.45) is 0 Å². The highest BCUT2D eigenvalue weighted by Gasteiger charge is 2.22. The lowest BCUT2D eigenvalue weighted by molar-refractivity contribution is 0.0706. The number of nitrogens with zero attached hydrogens (tertiary/aromatic N) is 3. The molecular weight excluding hydrogens is 405 g/mol. The van der Waals surface area contributed by atoms with Crippen LogP contribution in [0.25, 0.3) is 0 Å². The number of hydrogen-bond acceptors (Lipinski definition) is 3. The Morgan fingerprint density at radius 3 is 2.63 bits per heavy atom. The number of amides is 1. The summed E-state index contributed by atoms with van der Waals surface area (Å²) in [4.78, 5) is 19.1. The molecule has 0 atom stereocenters. The van der Waals surface area contributed by atoms with Gasteiger partial charge in [0.2, 0.25) is 0 Å². The van der Waals surface area contributed by atoms with Crippen LogP contribution in [0.2, 0.25) is 5.02 Å². The van der Waals surface area contributed by atoms with Crippen LogP contribution in [0.15, 0.2) is 83.7 Å². The third kappa shape index (κ3) is 4.44. The fourth-order valence-electron chi connectivity index (χ4n) is 3.21. The van der Waals surface area contributed by atoms with Gasteiger partial charge in [-0.1, -0.05) is 41.9 Å². The maximum atomic E-state index is 14.3. The van der Waals surface area contributed by atoms with Gasteiger partial charge in [-0.2, -0.15) is 0 Å². The second-order valence-electron chi connectivity index (χ2n) is 6.78. The monoisotopic (exact) mass is 423 g/mol. The zero-order valence-electron chi connectivity index (χ0n) is 16.0. The highest BCUT2D eigenvalue weighted by Crippen LogP contribution is 2.19. The topological polar surface area (TPSA) is 51.3 Å². The fourth-order valence-corrected chi connectivity index (χ4v) is 3.41. The predicted octanol–water partition coefficient (Wildman–Crippen LogP) is 5.16. The molecule has 0 N–H and O–H groups in total. The van der Waals surface area contributed by atoms with Crippen LogP contribution in [0.5, 0.6) is 0 Å². The van der Waals surface area contributed by atoms with E-state index >= 15 is 0 Å². The third-order valence-corrected chi connectivity index (χ3v) is 5.12. The van der Waals surface area contributed by atoms with Crippen LogP contribution in [0.1, 0.15) is 27.5 Å². The average Bonchev–Trinajstić information content (AvgIpc) is 3.41. The number of aromatic nitrogens is 2. The van der Waals surface area contributed by atoms with Gasteiger partial charge in [0.15, 0.2) is 0 Å². The SMILES string of the molecule is O=C(c1ccccc1F)N(Cc1ccco1)Cc1nccn1Cc1ccccc1Cl. The standard InChI is InChI=1S/C23H19ClFN3O2/c24-20-9-3-1-6-17(20)14-27-12-11-26-22(27)16-28(15-18-7-5-13-30-18)23(29)19-8-2-4-10-21(19)25/h1-13H,14-16H2. The highest BCUT2D eigenvalue weighted by molar-refractivity contribution is 6.31. The average molecular weight is 424 g/mol. The molecule has 0 spiro atoms. The molecule has 0 aliphatic rings. The van der Waals surface area contributed by atoms with Crippen LogP contribution < -0.4 is 0 Å². The van der Waals surface area contributed by atoms with Crippen molar-refractivity contribution >= 4 is 17.5 Å². The summed E-state index contributed by atoms with van der Waals surface area (Å²) in [7, 11) is 0. The molecule has 4 rings (SSSR count). The minimum atomic E-state index is -0.564. The molecule has 0 fully saturated rings. The number of carbonyl (C=O) groups is 1. The molecule has 0 saturated carbocycles. The van der Waals surface area contributed by atoms with Crippen molar-refractivity contribution in [2.75, 3.05) is 0 Å². The summed E-state index contributed by atoms with van der Waals surface area (Å²) in [6.07, 6.45) is 5.04. The van der Waals surface area contributed by atoms with Gasteiger partial charge in [-0.25, -0.2) is 9.37 Å². The summed E-state index contributed by atoms with van der Waals surface area (Å²) in [5, 5.41) is 0.659. The molecule has 2 heterocycles. The lowest BCUT2D eigenvalue weighted by Gasteiger charge is -2.22. The number of benzene rings is 2. The molecule has 0 bridgehead atoms. The number of carbonyl (C=O) groups excluding carboxylic acids is 1. The van der Waals surface area contributed by atoms with E-state index in [1.54, 1.807) is 36.7 Å². The van der Waals surface area contributed by atoms with Crippen molar-refractivity contribution in [1.29, 1.82) is 0 Å². The Kier molecular flexibility index (Phi) is 5.95. The van der Waals surface area contributed by atoms with E-state index < -0.39 is 11.7 Å². The van der Waals surface area contributed by atoms with Gasteiger partial charge in [-0.3, -0.25) is 4.79 Å². The lowest BCUT2D eigenvalue weighted by Crippen LogP contribution is -2.32. The van der Waals surface area contributed by atoms with E-state index in [2.05, 4.69) is 4.98 Å². The van der Waals surface area contributed by atoms with Crippen molar-refractivity contribution in [1.82, 2.24) is 14.5 Å². The Morgan fingerprint density at radius 2 is 1.87 bits per heavy atom. The van der Waals surface area contributed by atoms with Crippen LogP contribution in [0.3, 0.4) is 0 Å². The van der Waals surface area contributed by atoms with Gasteiger partial charge >= 0.3 is 0 Å². The van der Waals surface area contributed by atoms with E-state index in [-0.39, 0.29) is 18.7 Å².